The summed E-state index contributed by atoms with van der Waals surface area (Å²) in [4.78, 5) is 33.8. The fourth-order valence-electron chi connectivity index (χ4n) is 2.96. The van der Waals surface area contributed by atoms with Gasteiger partial charge in [-0.2, -0.15) is 0 Å². The summed E-state index contributed by atoms with van der Waals surface area (Å²) < 4.78 is 0. The molecular formula is C18H20N4O2. The topological polar surface area (TPSA) is 89.2 Å². The normalized spacial score (nSPS) is 15.9. The molecule has 1 aliphatic rings. The van der Waals surface area contributed by atoms with Crippen molar-refractivity contribution in [2.24, 2.45) is 11.7 Å². The van der Waals surface area contributed by atoms with E-state index in [0.717, 1.165) is 23.9 Å². The van der Waals surface area contributed by atoms with Crippen molar-refractivity contribution in [2.45, 2.75) is 19.3 Å². The van der Waals surface area contributed by atoms with E-state index in [9.17, 15) is 9.59 Å². The highest BCUT2D eigenvalue weighted by molar-refractivity contribution is 5.91. The number of hydrogen-bond donors (Lipinski definition) is 1. The van der Waals surface area contributed by atoms with Gasteiger partial charge in [0.1, 0.15) is 0 Å². The van der Waals surface area contributed by atoms with Gasteiger partial charge in [-0.15, -0.1) is 0 Å². The lowest BCUT2D eigenvalue weighted by molar-refractivity contribution is -0.127. The van der Waals surface area contributed by atoms with Crippen molar-refractivity contribution < 1.29 is 9.59 Å². The number of aromatic nitrogens is 2. The third-order valence-corrected chi connectivity index (χ3v) is 4.28. The Morgan fingerprint density at radius 3 is 2.62 bits per heavy atom. The first-order chi connectivity index (χ1) is 11.6. The molecule has 6 heteroatoms. The van der Waals surface area contributed by atoms with Crippen LogP contribution >= 0.6 is 0 Å². The molecule has 2 amide bonds. The van der Waals surface area contributed by atoms with Gasteiger partial charge >= 0.3 is 0 Å². The minimum Gasteiger partial charge on any atom is -0.370 e. The van der Waals surface area contributed by atoms with Gasteiger partial charge in [-0.05, 0) is 37.0 Å². The van der Waals surface area contributed by atoms with E-state index in [-0.39, 0.29) is 11.8 Å². The summed E-state index contributed by atoms with van der Waals surface area (Å²) in [6, 6.07) is 7.62. The lowest BCUT2D eigenvalue weighted by Crippen LogP contribution is -2.38. The Kier molecular flexibility index (Phi) is 4.84. The summed E-state index contributed by atoms with van der Waals surface area (Å²) >= 11 is 0. The first kappa shape index (κ1) is 16.1. The van der Waals surface area contributed by atoms with Gasteiger partial charge in [0, 0.05) is 25.6 Å². The molecule has 0 aliphatic carbocycles. The molecule has 3 rings (SSSR count). The minimum atomic E-state index is -0.269. The predicted octanol–water partition coefficient (Wildman–Crippen LogP) is 1.76. The number of rotatable bonds is 4. The Balaban J connectivity index is 1.59. The Morgan fingerprint density at radius 2 is 1.92 bits per heavy atom. The summed E-state index contributed by atoms with van der Waals surface area (Å²) in [5.74, 6) is -0.0149. The molecule has 0 spiro atoms. The second kappa shape index (κ2) is 7.21. The Labute approximate surface area is 140 Å². The van der Waals surface area contributed by atoms with Gasteiger partial charge in [-0.3, -0.25) is 14.6 Å². The second-order valence-corrected chi connectivity index (χ2v) is 6.06. The van der Waals surface area contributed by atoms with Crippen LogP contribution in [-0.4, -0.2) is 39.8 Å². The molecule has 2 aromatic rings. The summed E-state index contributed by atoms with van der Waals surface area (Å²) in [5.41, 5.74) is 7.52. The molecule has 0 saturated carbocycles. The number of amides is 2. The Morgan fingerprint density at radius 1 is 1.21 bits per heavy atom. The molecule has 0 atom stereocenters. The Bertz CT molecular complexity index is 779. The number of likely N-dealkylation sites (tertiary alicyclic amines) is 1. The highest BCUT2D eigenvalue weighted by Crippen LogP contribution is 2.20. The van der Waals surface area contributed by atoms with Crippen LogP contribution in [-0.2, 0) is 9.59 Å². The zero-order chi connectivity index (χ0) is 16.9. The van der Waals surface area contributed by atoms with E-state index in [1.165, 1.54) is 6.08 Å². The van der Waals surface area contributed by atoms with Crippen molar-refractivity contribution in [3.63, 3.8) is 0 Å². The molecule has 1 fully saturated rings. The number of carbonyl (C=O) groups is 2. The number of piperidine rings is 1. The molecule has 124 valence electrons. The lowest BCUT2D eigenvalue weighted by atomic mass is 9.93. The van der Waals surface area contributed by atoms with Crippen LogP contribution in [0.15, 0.2) is 36.5 Å². The first-order valence-corrected chi connectivity index (χ1v) is 8.09. The smallest absolute Gasteiger partial charge is 0.246 e. The lowest BCUT2D eigenvalue weighted by Gasteiger charge is -2.30. The minimum absolute atomic E-state index is 0.0394. The third kappa shape index (κ3) is 3.95. The van der Waals surface area contributed by atoms with Crippen LogP contribution in [0.1, 0.15) is 25.0 Å². The van der Waals surface area contributed by atoms with Crippen molar-refractivity contribution in [3.05, 3.63) is 42.2 Å². The number of fused-ring (bicyclic) bond motifs is 1. The maximum absolute atomic E-state index is 12.3. The summed E-state index contributed by atoms with van der Waals surface area (Å²) in [6.45, 7) is 1.31. The monoisotopic (exact) mass is 324 g/mol. The number of para-hydroxylation sites is 2. The molecule has 0 radical (unpaired) electrons. The number of carbonyl (C=O) groups excluding carboxylic acids is 2. The molecule has 24 heavy (non-hydrogen) atoms. The number of nitrogens with zero attached hydrogens (tertiary/aromatic N) is 3. The van der Waals surface area contributed by atoms with Gasteiger partial charge in [0.05, 0.1) is 22.9 Å². The molecule has 1 aromatic carbocycles. The van der Waals surface area contributed by atoms with Crippen molar-refractivity contribution in [1.82, 2.24) is 14.9 Å². The number of benzene rings is 1. The van der Waals surface area contributed by atoms with E-state index in [1.54, 1.807) is 17.2 Å². The van der Waals surface area contributed by atoms with Crippen molar-refractivity contribution in [2.75, 3.05) is 13.1 Å². The summed E-state index contributed by atoms with van der Waals surface area (Å²) in [6.07, 6.45) is 6.93. The van der Waals surface area contributed by atoms with Crippen LogP contribution in [0.2, 0.25) is 0 Å². The summed E-state index contributed by atoms with van der Waals surface area (Å²) in [5, 5.41) is 0. The van der Waals surface area contributed by atoms with Gasteiger partial charge in [0.2, 0.25) is 11.8 Å². The first-order valence-electron chi connectivity index (χ1n) is 8.09. The van der Waals surface area contributed by atoms with E-state index in [2.05, 4.69) is 9.97 Å². The standard InChI is InChI=1S/C18H20N4O2/c19-17(23)11-13-7-9-22(10-8-13)18(24)6-5-14-12-20-15-3-1-2-4-16(15)21-14/h1-6,12-13H,7-11H2,(H2,19,23). The number of nitrogens with two attached hydrogens (primary N) is 1. The molecule has 0 bridgehead atoms. The van der Waals surface area contributed by atoms with Crippen molar-refractivity contribution in [1.29, 1.82) is 0 Å². The highest BCUT2D eigenvalue weighted by Gasteiger charge is 2.22. The van der Waals surface area contributed by atoms with E-state index >= 15 is 0 Å². The molecule has 2 N–H and O–H groups in total. The fraction of sp³-hybridized carbons (Fsp3) is 0.333. The maximum Gasteiger partial charge on any atom is 0.246 e. The predicted molar refractivity (Wildman–Crippen MR) is 91.7 cm³/mol. The fourth-order valence-corrected chi connectivity index (χ4v) is 2.96. The van der Waals surface area contributed by atoms with Crippen LogP contribution < -0.4 is 5.73 Å². The molecule has 1 saturated heterocycles. The number of hydrogen-bond acceptors (Lipinski definition) is 4. The maximum atomic E-state index is 12.3. The van der Waals surface area contributed by atoms with Gasteiger partial charge in [0.15, 0.2) is 0 Å². The summed E-state index contributed by atoms with van der Waals surface area (Å²) in [7, 11) is 0. The van der Waals surface area contributed by atoms with Crippen molar-refractivity contribution in [3.8, 4) is 0 Å². The molecular weight excluding hydrogens is 304 g/mol. The molecule has 1 aromatic heterocycles. The van der Waals surface area contributed by atoms with E-state index in [1.807, 2.05) is 24.3 Å². The van der Waals surface area contributed by atoms with Crippen LogP contribution in [0.3, 0.4) is 0 Å². The van der Waals surface area contributed by atoms with Crippen LogP contribution in [0.4, 0.5) is 0 Å². The van der Waals surface area contributed by atoms with Crippen LogP contribution in [0.25, 0.3) is 17.1 Å². The molecule has 2 heterocycles. The number of primary amides is 1. The highest BCUT2D eigenvalue weighted by atomic mass is 16.2. The third-order valence-electron chi connectivity index (χ3n) is 4.28. The quantitative estimate of drug-likeness (QED) is 0.868. The zero-order valence-electron chi connectivity index (χ0n) is 13.4. The van der Waals surface area contributed by atoms with Gasteiger partial charge in [-0.1, -0.05) is 12.1 Å². The Hall–Kier alpha value is -2.76. The average molecular weight is 324 g/mol. The van der Waals surface area contributed by atoms with Gasteiger partial charge in [0.25, 0.3) is 0 Å². The van der Waals surface area contributed by atoms with Crippen LogP contribution in [0, 0.1) is 5.92 Å². The van der Waals surface area contributed by atoms with E-state index in [0.29, 0.717) is 31.1 Å². The van der Waals surface area contributed by atoms with Crippen molar-refractivity contribution >= 4 is 28.9 Å². The molecule has 6 nitrogen and oxygen atoms in total. The average Bonchev–Trinajstić information content (AvgIpc) is 2.59. The molecule has 0 unspecified atom stereocenters. The van der Waals surface area contributed by atoms with Crippen LogP contribution in [0.5, 0.6) is 0 Å². The molecule has 1 aliphatic heterocycles. The van der Waals surface area contributed by atoms with Gasteiger partial charge in [-0.25, -0.2) is 4.98 Å². The van der Waals surface area contributed by atoms with E-state index in [4.69, 9.17) is 5.73 Å². The van der Waals surface area contributed by atoms with Gasteiger partial charge < -0.3 is 10.6 Å². The largest absolute Gasteiger partial charge is 0.370 e. The SMILES string of the molecule is NC(=O)CC1CCN(C(=O)C=Cc2cnc3ccccc3n2)CC1. The zero-order valence-corrected chi connectivity index (χ0v) is 13.4. The second-order valence-electron chi connectivity index (χ2n) is 6.06. The van der Waals surface area contributed by atoms with E-state index < -0.39 is 0 Å².